The van der Waals surface area contributed by atoms with Gasteiger partial charge in [0.15, 0.2) is 6.10 Å². The van der Waals surface area contributed by atoms with Gasteiger partial charge in [-0.05, 0) is 50.2 Å². The Morgan fingerprint density at radius 3 is 2.55 bits per heavy atom. The summed E-state index contributed by atoms with van der Waals surface area (Å²) in [4.78, 5) is 29.1. The predicted molar refractivity (Wildman–Crippen MR) is 110 cm³/mol. The molecule has 0 saturated carbocycles. The Morgan fingerprint density at radius 1 is 1.21 bits per heavy atom. The van der Waals surface area contributed by atoms with Crippen molar-refractivity contribution in [2.75, 3.05) is 18.6 Å². The average molecular weight is 395 g/mol. The van der Waals surface area contributed by atoms with E-state index in [2.05, 4.69) is 4.98 Å². The molecule has 1 aromatic heterocycles. The largest absolute Gasteiger partial charge is 0.479 e. The molecule has 1 heterocycles. The third-order valence-electron chi connectivity index (χ3n) is 4.43. The van der Waals surface area contributed by atoms with E-state index in [1.807, 2.05) is 0 Å². The van der Waals surface area contributed by atoms with E-state index in [0.29, 0.717) is 28.0 Å². The fourth-order valence-electron chi connectivity index (χ4n) is 2.95. The lowest BCUT2D eigenvalue weighted by molar-refractivity contribution is -0.382. The summed E-state index contributed by atoms with van der Waals surface area (Å²) >= 11 is 0. The zero-order valence-corrected chi connectivity index (χ0v) is 16.4. The molecule has 0 N–H and O–H groups in total. The second-order valence-corrected chi connectivity index (χ2v) is 6.33. The number of benzene rings is 2. The molecule has 0 amide bonds. The van der Waals surface area contributed by atoms with E-state index < -0.39 is 17.0 Å². The Kier molecular flexibility index (Phi) is 5.92. The second-order valence-electron chi connectivity index (χ2n) is 6.33. The lowest BCUT2D eigenvalue weighted by Crippen LogP contribution is -2.26. The van der Waals surface area contributed by atoms with E-state index in [0.717, 1.165) is 0 Å². The molecule has 1 unspecified atom stereocenters. The standard InChI is InChI=1S/C21H21N3O5/c1-4-28-21(25)14(2)29-16-11-9-15(10-12-16)23(3)19-13-22-18-8-6-5-7-17(18)20(19)24(26)27/h5-14H,4H2,1-3H3. The molecule has 1 atom stereocenters. The summed E-state index contributed by atoms with van der Waals surface area (Å²) < 4.78 is 10.5. The van der Waals surface area contributed by atoms with Crippen LogP contribution in [0, 0.1) is 10.1 Å². The van der Waals surface area contributed by atoms with Gasteiger partial charge in [-0.25, -0.2) is 4.79 Å². The summed E-state index contributed by atoms with van der Waals surface area (Å²) in [5.41, 5.74) is 1.64. The van der Waals surface area contributed by atoms with Crippen LogP contribution in [0.15, 0.2) is 54.7 Å². The molecule has 0 bridgehead atoms. The van der Waals surface area contributed by atoms with Crippen LogP contribution in [0.4, 0.5) is 17.1 Å². The summed E-state index contributed by atoms with van der Waals surface area (Å²) in [6.45, 7) is 3.63. The highest BCUT2D eigenvalue weighted by Gasteiger charge is 2.23. The number of aromatic nitrogens is 1. The Balaban J connectivity index is 1.87. The summed E-state index contributed by atoms with van der Waals surface area (Å²) in [7, 11) is 1.73. The molecular weight excluding hydrogens is 374 g/mol. The molecule has 3 rings (SSSR count). The monoisotopic (exact) mass is 395 g/mol. The number of nitro groups is 1. The number of nitrogens with zero attached hydrogens (tertiary/aromatic N) is 3. The normalized spacial score (nSPS) is 11.7. The van der Waals surface area contributed by atoms with Crippen molar-refractivity contribution in [2.24, 2.45) is 0 Å². The molecule has 0 fully saturated rings. The van der Waals surface area contributed by atoms with Gasteiger partial charge in [-0.3, -0.25) is 15.1 Å². The number of hydrogen-bond acceptors (Lipinski definition) is 7. The van der Waals surface area contributed by atoms with Crippen LogP contribution < -0.4 is 9.64 Å². The minimum Gasteiger partial charge on any atom is -0.479 e. The van der Waals surface area contributed by atoms with E-state index in [1.165, 1.54) is 6.20 Å². The molecule has 0 spiro atoms. The van der Waals surface area contributed by atoms with Crippen LogP contribution in [-0.2, 0) is 9.53 Å². The minimum absolute atomic E-state index is 0.00522. The van der Waals surface area contributed by atoms with Crippen molar-refractivity contribution >= 4 is 33.9 Å². The Labute approximate surface area is 167 Å². The molecule has 0 aliphatic heterocycles. The highest BCUT2D eigenvalue weighted by Crippen LogP contribution is 2.37. The molecule has 8 nitrogen and oxygen atoms in total. The molecule has 0 aliphatic carbocycles. The first-order chi connectivity index (χ1) is 13.9. The number of anilines is 2. The van der Waals surface area contributed by atoms with Crippen LogP contribution in [-0.4, -0.2) is 35.6 Å². The highest BCUT2D eigenvalue weighted by molar-refractivity contribution is 5.94. The fourth-order valence-corrected chi connectivity index (χ4v) is 2.95. The maximum absolute atomic E-state index is 11.8. The smallest absolute Gasteiger partial charge is 0.347 e. The summed E-state index contributed by atoms with van der Waals surface area (Å²) in [6, 6.07) is 13.9. The van der Waals surface area contributed by atoms with Crippen molar-refractivity contribution in [2.45, 2.75) is 20.0 Å². The number of carbonyl (C=O) groups is 1. The number of para-hydroxylation sites is 1. The molecule has 0 radical (unpaired) electrons. The first kappa shape index (κ1) is 20.1. The van der Waals surface area contributed by atoms with Gasteiger partial charge < -0.3 is 14.4 Å². The van der Waals surface area contributed by atoms with Crippen LogP contribution in [0.2, 0.25) is 0 Å². The molecule has 2 aromatic carbocycles. The maximum Gasteiger partial charge on any atom is 0.347 e. The topological polar surface area (TPSA) is 94.8 Å². The third-order valence-corrected chi connectivity index (χ3v) is 4.43. The van der Waals surface area contributed by atoms with Crippen molar-refractivity contribution in [3.05, 3.63) is 64.8 Å². The van der Waals surface area contributed by atoms with Gasteiger partial charge in [0.1, 0.15) is 11.4 Å². The molecular formula is C21H21N3O5. The summed E-state index contributed by atoms with van der Waals surface area (Å²) in [6.07, 6.45) is 0.762. The number of hydrogen-bond donors (Lipinski definition) is 0. The molecule has 29 heavy (non-hydrogen) atoms. The van der Waals surface area contributed by atoms with E-state index in [-0.39, 0.29) is 12.3 Å². The van der Waals surface area contributed by atoms with E-state index in [1.54, 1.807) is 74.3 Å². The Hall–Kier alpha value is -3.68. The van der Waals surface area contributed by atoms with Gasteiger partial charge >= 0.3 is 11.7 Å². The number of rotatable bonds is 7. The van der Waals surface area contributed by atoms with Gasteiger partial charge in [-0.2, -0.15) is 0 Å². The van der Waals surface area contributed by atoms with Crippen LogP contribution >= 0.6 is 0 Å². The first-order valence-corrected chi connectivity index (χ1v) is 9.11. The van der Waals surface area contributed by atoms with Crippen LogP contribution in [0.5, 0.6) is 5.75 Å². The quantitative estimate of drug-likeness (QED) is 0.335. The van der Waals surface area contributed by atoms with Crippen molar-refractivity contribution in [1.29, 1.82) is 0 Å². The molecule has 0 saturated heterocycles. The summed E-state index contributed by atoms with van der Waals surface area (Å²) in [5, 5.41) is 12.2. The van der Waals surface area contributed by atoms with Crippen molar-refractivity contribution < 1.29 is 19.2 Å². The third kappa shape index (κ3) is 4.26. The van der Waals surface area contributed by atoms with Gasteiger partial charge in [-0.1, -0.05) is 12.1 Å². The molecule has 8 heteroatoms. The van der Waals surface area contributed by atoms with Crippen molar-refractivity contribution in [3.63, 3.8) is 0 Å². The van der Waals surface area contributed by atoms with Crippen LogP contribution in [0.1, 0.15) is 13.8 Å². The van der Waals surface area contributed by atoms with E-state index >= 15 is 0 Å². The number of esters is 1. The predicted octanol–water partition coefficient (Wildman–Crippen LogP) is 4.24. The van der Waals surface area contributed by atoms with Gasteiger partial charge in [-0.15, -0.1) is 0 Å². The van der Waals surface area contributed by atoms with Gasteiger partial charge in [0.05, 0.1) is 28.6 Å². The lowest BCUT2D eigenvalue weighted by Gasteiger charge is -2.20. The molecule has 150 valence electrons. The minimum atomic E-state index is -0.732. The number of ether oxygens (including phenoxy) is 2. The highest BCUT2D eigenvalue weighted by atomic mass is 16.6. The second kappa shape index (κ2) is 8.55. The lowest BCUT2D eigenvalue weighted by atomic mass is 10.1. The van der Waals surface area contributed by atoms with Crippen molar-refractivity contribution in [1.82, 2.24) is 4.98 Å². The van der Waals surface area contributed by atoms with E-state index in [4.69, 9.17) is 9.47 Å². The van der Waals surface area contributed by atoms with Crippen molar-refractivity contribution in [3.8, 4) is 5.75 Å². The number of fused-ring (bicyclic) bond motifs is 1. The van der Waals surface area contributed by atoms with Gasteiger partial charge in [0.25, 0.3) is 0 Å². The Bertz CT molecular complexity index is 1040. The zero-order chi connectivity index (χ0) is 21.0. The van der Waals surface area contributed by atoms with Crippen LogP contribution in [0.3, 0.4) is 0 Å². The zero-order valence-electron chi connectivity index (χ0n) is 16.4. The van der Waals surface area contributed by atoms with E-state index in [9.17, 15) is 14.9 Å². The maximum atomic E-state index is 11.8. The van der Waals surface area contributed by atoms with Crippen LogP contribution in [0.25, 0.3) is 10.9 Å². The molecule has 0 aliphatic rings. The number of carbonyl (C=O) groups excluding carboxylic acids is 1. The van der Waals surface area contributed by atoms with Gasteiger partial charge in [0.2, 0.25) is 0 Å². The van der Waals surface area contributed by atoms with Gasteiger partial charge in [0, 0.05) is 12.7 Å². The Morgan fingerprint density at radius 2 is 1.90 bits per heavy atom. The molecule has 3 aromatic rings. The SMILES string of the molecule is CCOC(=O)C(C)Oc1ccc(N(C)c2cnc3ccccc3c2[N+](=O)[O-])cc1. The fraction of sp³-hybridized carbons (Fsp3) is 0.238. The first-order valence-electron chi connectivity index (χ1n) is 9.11. The average Bonchev–Trinajstić information content (AvgIpc) is 2.73. The number of pyridine rings is 1. The summed E-state index contributed by atoms with van der Waals surface area (Å²) in [5.74, 6) is 0.0559.